The van der Waals surface area contributed by atoms with E-state index in [0.29, 0.717) is 18.7 Å². The van der Waals surface area contributed by atoms with Gasteiger partial charge in [0, 0.05) is 38.3 Å². The number of ether oxygens (including phenoxy) is 1. The number of aliphatic hydroxyl groups excluding tert-OH is 1. The highest BCUT2D eigenvalue weighted by atomic mass is 16.5. The number of benzene rings is 1. The third-order valence-electron chi connectivity index (χ3n) is 3.05. The van der Waals surface area contributed by atoms with E-state index in [4.69, 9.17) is 4.74 Å². The minimum absolute atomic E-state index is 0.00616. The first-order chi connectivity index (χ1) is 9.01. The zero-order chi connectivity index (χ0) is 14.4. The van der Waals surface area contributed by atoms with E-state index in [-0.39, 0.29) is 5.91 Å². The second-order valence-electron chi connectivity index (χ2n) is 4.41. The van der Waals surface area contributed by atoms with Gasteiger partial charge in [-0.05, 0) is 19.1 Å². The van der Waals surface area contributed by atoms with Crippen molar-refractivity contribution in [3.05, 3.63) is 23.8 Å². The average Bonchev–Trinajstić information content (AvgIpc) is 2.42. The Kier molecular flexibility index (Phi) is 5.63. The zero-order valence-corrected chi connectivity index (χ0v) is 11.9. The Morgan fingerprint density at radius 2 is 2.21 bits per heavy atom. The summed E-state index contributed by atoms with van der Waals surface area (Å²) in [5.74, 6) is 0.646. The van der Waals surface area contributed by atoms with Crippen LogP contribution in [-0.2, 0) is 4.79 Å². The number of methoxy groups -OCH3 is 1. The van der Waals surface area contributed by atoms with Crippen LogP contribution in [0.4, 0.5) is 5.69 Å². The predicted molar refractivity (Wildman–Crippen MR) is 75.6 cm³/mol. The summed E-state index contributed by atoms with van der Waals surface area (Å²) >= 11 is 0. The lowest BCUT2D eigenvalue weighted by Gasteiger charge is -2.24. The molecule has 0 aromatic heterocycles. The van der Waals surface area contributed by atoms with Crippen LogP contribution < -0.4 is 15.0 Å². The van der Waals surface area contributed by atoms with E-state index in [9.17, 15) is 9.90 Å². The van der Waals surface area contributed by atoms with Gasteiger partial charge >= 0.3 is 0 Å². The molecular weight excluding hydrogens is 244 g/mol. The van der Waals surface area contributed by atoms with Gasteiger partial charge in [-0.2, -0.15) is 0 Å². The lowest BCUT2D eigenvalue weighted by Crippen LogP contribution is -2.27. The van der Waals surface area contributed by atoms with E-state index in [1.54, 1.807) is 21.1 Å². The Hall–Kier alpha value is -1.75. The fourth-order valence-corrected chi connectivity index (χ4v) is 1.98. The van der Waals surface area contributed by atoms with Gasteiger partial charge in [-0.1, -0.05) is 6.07 Å². The SMILES string of the molecule is CNC(=O)CCN(C)c1cccc(OC)c1[C@H](C)O. The first-order valence-corrected chi connectivity index (χ1v) is 6.28. The molecule has 0 fully saturated rings. The molecule has 1 aromatic rings. The van der Waals surface area contributed by atoms with E-state index in [0.717, 1.165) is 11.3 Å². The van der Waals surface area contributed by atoms with Crippen LogP contribution in [0.25, 0.3) is 0 Å². The van der Waals surface area contributed by atoms with Gasteiger partial charge in [-0.15, -0.1) is 0 Å². The first kappa shape index (κ1) is 15.3. The van der Waals surface area contributed by atoms with Gasteiger partial charge in [0.2, 0.25) is 5.91 Å². The lowest BCUT2D eigenvalue weighted by molar-refractivity contribution is -0.120. The van der Waals surface area contributed by atoms with Crippen LogP contribution in [0, 0.1) is 0 Å². The molecule has 0 saturated heterocycles. The third-order valence-corrected chi connectivity index (χ3v) is 3.05. The molecule has 5 nitrogen and oxygen atoms in total. The number of carbonyl (C=O) groups excluding carboxylic acids is 1. The summed E-state index contributed by atoms with van der Waals surface area (Å²) < 4.78 is 5.28. The van der Waals surface area contributed by atoms with Crippen LogP contribution in [0.3, 0.4) is 0 Å². The summed E-state index contributed by atoms with van der Waals surface area (Å²) in [4.78, 5) is 13.2. The summed E-state index contributed by atoms with van der Waals surface area (Å²) in [6.07, 6.45) is -0.225. The standard InChI is InChI=1S/C14H22N2O3/c1-10(17)14-11(6-5-7-12(14)19-4)16(3)9-8-13(18)15-2/h5-7,10,17H,8-9H2,1-4H3,(H,15,18)/t10-/m0/s1. The summed E-state index contributed by atoms with van der Waals surface area (Å²) in [7, 11) is 5.09. The van der Waals surface area contributed by atoms with Crippen molar-refractivity contribution in [1.82, 2.24) is 5.32 Å². The summed E-state index contributed by atoms with van der Waals surface area (Å²) in [6.45, 7) is 2.28. The maximum absolute atomic E-state index is 11.3. The van der Waals surface area contributed by atoms with Crippen LogP contribution in [0.15, 0.2) is 18.2 Å². The molecule has 0 radical (unpaired) electrons. The number of carbonyl (C=O) groups is 1. The molecule has 0 aliphatic carbocycles. The average molecular weight is 266 g/mol. The fourth-order valence-electron chi connectivity index (χ4n) is 1.98. The van der Waals surface area contributed by atoms with E-state index in [2.05, 4.69) is 5.32 Å². The highest BCUT2D eigenvalue weighted by Gasteiger charge is 2.17. The van der Waals surface area contributed by atoms with E-state index < -0.39 is 6.10 Å². The third kappa shape index (κ3) is 3.86. The lowest BCUT2D eigenvalue weighted by atomic mass is 10.1. The number of amides is 1. The second-order valence-corrected chi connectivity index (χ2v) is 4.41. The molecule has 1 rings (SSSR count). The van der Waals surface area contributed by atoms with Gasteiger partial charge in [0.1, 0.15) is 5.75 Å². The van der Waals surface area contributed by atoms with Crippen molar-refractivity contribution in [2.45, 2.75) is 19.4 Å². The van der Waals surface area contributed by atoms with Gasteiger partial charge in [-0.3, -0.25) is 4.79 Å². The molecule has 5 heteroatoms. The van der Waals surface area contributed by atoms with Gasteiger partial charge in [0.05, 0.1) is 13.2 Å². The van der Waals surface area contributed by atoms with Gasteiger partial charge in [0.25, 0.3) is 0 Å². The Morgan fingerprint density at radius 1 is 1.53 bits per heavy atom. The fraction of sp³-hybridized carbons (Fsp3) is 0.500. The van der Waals surface area contributed by atoms with Crippen LogP contribution in [0.1, 0.15) is 25.0 Å². The number of rotatable bonds is 6. The van der Waals surface area contributed by atoms with Crippen molar-refractivity contribution >= 4 is 11.6 Å². The second kappa shape index (κ2) is 6.99. The monoisotopic (exact) mass is 266 g/mol. The first-order valence-electron chi connectivity index (χ1n) is 6.28. The molecule has 0 unspecified atom stereocenters. The summed E-state index contributed by atoms with van der Waals surface area (Å²) in [5, 5.41) is 12.5. The minimum Gasteiger partial charge on any atom is -0.496 e. The predicted octanol–water partition coefficient (Wildman–Crippen LogP) is 1.32. The molecular formula is C14H22N2O3. The largest absolute Gasteiger partial charge is 0.496 e. The van der Waals surface area contributed by atoms with Crippen LogP contribution in [-0.4, -0.2) is 38.8 Å². The highest BCUT2D eigenvalue weighted by Crippen LogP contribution is 2.34. The molecule has 0 spiro atoms. The molecule has 106 valence electrons. The quantitative estimate of drug-likeness (QED) is 0.815. The van der Waals surface area contributed by atoms with Crippen molar-refractivity contribution < 1.29 is 14.6 Å². The maximum Gasteiger partial charge on any atom is 0.221 e. The van der Waals surface area contributed by atoms with Crippen molar-refractivity contribution in [3.8, 4) is 5.75 Å². The normalized spacial score (nSPS) is 11.8. The highest BCUT2D eigenvalue weighted by molar-refractivity contribution is 5.76. The van der Waals surface area contributed by atoms with Gasteiger partial charge in [-0.25, -0.2) is 0 Å². The van der Waals surface area contributed by atoms with Crippen molar-refractivity contribution in [1.29, 1.82) is 0 Å². The number of aliphatic hydroxyl groups is 1. The smallest absolute Gasteiger partial charge is 0.221 e. The van der Waals surface area contributed by atoms with Gasteiger partial charge < -0.3 is 20.1 Å². The number of nitrogens with one attached hydrogen (secondary N) is 1. The van der Waals surface area contributed by atoms with Crippen molar-refractivity contribution in [2.75, 3.05) is 32.6 Å². The molecule has 0 bridgehead atoms. The molecule has 0 aliphatic heterocycles. The number of hydrogen-bond acceptors (Lipinski definition) is 4. The van der Waals surface area contributed by atoms with Crippen LogP contribution in [0.5, 0.6) is 5.75 Å². The molecule has 0 aliphatic rings. The Morgan fingerprint density at radius 3 is 2.74 bits per heavy atom. The molecule has 1 amide bonds. The van der Waals surface area contributed by atoms with Crippen LogP contribution in [0.2, 0.25) is 0 Å². The van der Waals surface area contributed by atoms with E-state index >= 15 is 0 Å². The van der Waals surface area contributed by atoms with Crippen molar-refractivity contribution in [2.24, 2.45) is 0 Å². The Balaban J connectivity index is 2.95. The van der Waals surface area contributed by atoms with Crippen molar-refractivity contribution in [3.63, 3.8) is 0 Å². The number of nitrogens with zero attached hydrogens (tertiary/aromatic N) is 1. The summed E-state index contributed by atoms with van der Waals surface area (Å²) in [5.41, 5.74) is 1.61. The maximum atomic E-state index is 11.3. The topological polar surface area (TPSA) is 61.8 Å². The summed E-state index contributed by atoms with van der Waals surface area (Å²) in [6, 6.07) is 5.60. The number of anilines is 1. The molecule has 19 heavy (non-hydrogen) atoms. The Bertz CT molecular complexity index is 433. The molecule has 0 heterocycles. The molecule has 2 N–H and O–H groups in total. The zero-order valence-electron chi connectivity index (χ0n) is 11.9. The number of hydrogen-bond donors (Lipinski definition) is 2. The van der Waals surface area contributed by atoms with Crippen LogP contribution >= 0.6 is 0 Å². The van der Waals surface area contributed by atoms with E-state index in [1.807, 2.05) is 30.1 Å². The Labute approximate surface area is 114 Å². The van der Waals surface area contributed by atoms with E-state index in [1.165, 1.54) is 0 Å². The molecule has 0 saturated carbocycles. The molecule has 1 atom stereocenters. The van der Waals surface area contributed by atoms with Gasteiger partial charge in [0.15, 0.2) is 0 Å². The molecule has 1 aromatic carbocycles. The minimum atomic E-state index is -0.631.